The van der Waals surface area contributed by atoms with Gasteiger partial charge >= 0.3 is 0 Å². The molecule has 1 N–H and O–H groups in total. The van der Waals surface area contributed by atoms with E-state index in [0.29, 0.717) is 0 Å². The predicted octanol–water partition coefficient (Wildman–Crippen LogP) is 5.59. The normalized spacial score (nSPS) is 18.7. The highest BCUT2D eigenvalue weighted by molar-refractivity contribution is 5.60. The molecule has 4 rings (SSSR count). The Morgan fingerprint density at radius 3 is 2.50 bits per heavy atom. The number of fused-ring (bicyclic) bond motifs is 1. The van der Waals surface area contributed by atoms with Gasteiger partial charge in [-0.1, -0.05) is 60.2 Å². The second-order valence-corrected chi connectivity index (χ2v) is 6.84. The summed E-state index contributed by atoms with van der Waals surface area (Å²) in [6.07, 6.45) is 0.863. The minimum absolute atomic E-state index is 0.0373. The molecule has 0 unspecified atom stereocenters. The van der Waals surface area contributed by atoms with Crippen molar-refractivity contribution in [1.82, 2.24) is 0 Å². The quantitative estimate of drug-likeness (QED) is 0.497. The Kier molecular flexibility index (Phi) is 4.17. The van der Waals surface area contributed by atoms with E-state index in [1.54, 1.807) is 12.1 Å². The van der Waals surface area contributed by atoms with E-state index in [9.17, 15) is 10.1 Å². The lowest BCUT2D eigenvalue weighted by Gasteiger charge is -2.34. The predicted molar refractivity (Wildman–Crippen MR) is 104 cm³/mol. The minimum Gasteiger partial charge on any atom is -0.378 e. The highest BCUT2D eigenvalue weighted by Crippen LogP contribution is 2.44. The van der Waals surface area contributed by atoms with Crippen LogP contribution in [0.25, 0.3) is 0 Å². The molecule has 26 heavy (non-hydrogen) atoms. The Balaban J connectivity index is 1.77. The SMILES string of the molecule is Cc1ccc2c(c1)[C@H](c1ccccc1)C[C@H](c1cccc([N+](=O)[O-])c1)N2. The fraction of sp³-hybridized carbons (Fsp3) is 0.182. The number of aryl methyl sites for hydroxylation is 1. The van der Waals surface area contributed by atoms with Crippen molar-refractivity contribution in [2.45, 2.75) is 25.3 Å². The number of nitrogens with one attached hydrogen (secondary N) is 1. The first-order valence-corrected chi connectivity index (χ1v) is 8.78. The number of hydrogen-bond donors (Lipinski definition) is 1. The van der Waals surface area contributed by atoms with Crippen LogP contribution in [-0.2, 0) is 0 Å². The van der Waals surface area contributed by atoms with Gasteiger partial charge in [0.25, 0.3) is 5.69 Å². The van der Waals surface area contributed by atoms with Gasteiger partial charge in [-0.05, 0) is 36.1 Å². The summed E-state index contributed by atoms with van der Waals surface area (Å²) >= 11 is 0. The van der Waals surface area contributed by atoms with Crippen LogP contribution < -0.4 is 5.32 Å². The van der Waals surface area contributed by atoms with E-state index in [0.717, 1.165) is 17.7 Å². The molecular weight excluding hydrogens is 324 g/mol. The van der Waals surface area contributed by atoms with Crippen molar-refractivity contribution in [3.63, 3.8) is 0 Å². The molecule has 0 saturated heterocycles. The molecule has 0 amide bonds. The summed E-state index contributed by atoms with van der Waals surface area (Å²) in [7, 11) is 0. The third-order valence-electron chi connectivity index (χ3n) is 5.07. The van der Waals surface area contributed by atoms with Gasteiger partial charge in [-0.2, -0.15) is 0 Å². The molecule has 1 aliphatic heterocycles. The van der Waals surface area contributed by atoms with Crippen LogP contribution in [0.4, 0.5) is 11.4 Å². The van der Waals surface area contributed by atoms with Crippen LogP contribution >= 0.6 is 0 Å². The van der Waals surface area contributed by atoms with Gasteiger partial charge in [0.2, 0.25) is 0 Å². The first kappa shape index (κ1) is 16.3. The summed E-state index contributed by atoms with van der Waals surface area (Å²) in [5.74, 6) is 0.261. The number of benzene rings is 3. The smallest absolute Gasteiger partial charge is 0.269 e. The maximum Gasteiger partial charge on any atom is 0.269 e. The fourth-order valence-electron chi connectivity index (χ4n) is 3.79. The van der Waals surface area contributed by atoms with Gasteiger partial charge in [0.15, 0.2) is 0 Å². The highest BCUT2D eigenvalue weighted by Gasteiger charge is 2.29. The molecule has 3 aromatic rings. The molecule has 0 saturated carbocycles. The number of non-ortho nitro benzene ring substituents is 1. The minimum atomic E-state index is -0.335. The Labute approximate surface area is 152 Å². The van der Waals surface area contributed by atoms with E-state index in [4.69, 9.17) is 0 Å². The van der Waals surface area contributed by atoms with E-state index in [1.807, 2.05) is 12.1 Å². The molecule has 0 aliphatic carbocycles. The molecule has 130 valence electrons. The van der Waals surface area contributed by atoms with Crippen molar-refractivity contribution in [2.75, 3.05) is 5.32 Å². The zero-order chi connectivity index (χ0) is 18.1. The number of rotatable bonds is 3. The average Bonchev–Trinajstić information content (AvgIpc) is 2.68. The zero-order valence-corrected chi connectivity index (χ0v) is 14.6. The Bertz CT molecular complexity index is 953. The molecule has 4 nitrogen and oxygen atoms in total. The van der Waals surface area contributed by atoms with Gasteiger partial charge in [0, 0.05) is 23.7 Å². The summed E-state index contributed by atoms with van der Waals surface area (Å²) in [4.78, 5) is 10.8. The molecule has 1 heterocycles. The van der Waals surface area contributed by atoms with Gasteiger partial charge < -0.3 is 5.32 Å². The van der Waals surface area contributed by atoms with Crippen molar-refractivity contribution >= 4 is 11.4 Å². The number of nitro benzene ring substituents is 1. The van der Waals surface area contributed by atoms with E-state index in [1.165, 1.54) is 22.8 Å². The molecule has 0 radical (unpaired) electrons. The van der Waals surface area contributed by atoms with Crippen LogP contribution in [0.3, 0.4) is 0 Å². The Morgan fingerprint density at radius 2 is 1.73 bits per heavy atom. The number of hydrogen-bond acceptors (Lipinski definition) is 3. The van der Waals surface area contributed by atoms with Crippen molar-refractivity contribution in [3.05, 3.63) is 105 Å². The molecule has 2 atom stereocenters. The van der Waals surface area contributed by atoms with Crippen LogP contribution in [0.1, 0.15) is 40.6 Å². The lowest BCUT2D eigenvalue weighted by atomic mass is 9.80. The Hall–Kier alpha value is -3.14. The van der Waals surface area contributed by atoms with E-state index < -0.39 is 0 Å². The first-order valence-electron chi connectivity index (χ1n) is 8.78. The van der Waals surface area contributed by atoms with Gasteiger partial charge in [-0.25, -0.2) is 0 Å². The molecule has 0 spiro atoms. The number of nitro groups is 1. The van der Waals surface area contributed by atoms with Crippen LogP contribution in [0.2, 0.25) is 0 Å². The van der Waals surface area contributed by atoms with Crippen molar-refractivity contribution in [1.29, 1.82) is 0 Å². The van der Waals surface area contributed by atoms with Crippen LogP contribution in [0, 0.1) is 17.0 Å². The van der Waals surface area contributed by atoms with Crippen molar-refractivity contribution in [2.24, 2.45) is 0 Å². The van der Waals surface area contributed by atoms with Crippen LogP contribution in [0.5, 0.6) is 0 Å². The van der Waals surface area contributed by atoms with Crippen molar-refractivity contribution < 1.29 is 4.92 Å². The van der Waals surface area contributed by atoms with Gasteiger partial charge in [0.05, 0.1) is 11.0 Å². The zero-order valence-electron chi connectivity index (χ0n) is 14.6. The van der Waals surface area contributed by atoms with Gasteiger partial charge in [-0.3, -0.25) is 10.1 Å². The molecular formula is C22H20N2O2. The monoisotopic (exact) mass is 344 g/mol. The average molecular weight is 344 g/mol. The third-order valence-corrected chi connectivity index (χ3v) is 5.07. The largest absolute Gasteiger partial charge is 0.378 e. The maximum absolute atomic E-state index is 11.1. The van der Waals surface area contributed by atoms with E-state index >= 15 is 0 Å². The van der Waals surface area contributed by atoms with Crippen molar-refractivity contribution in [3.8, 4) is 0 Å². The van der Waals surface area contributed by atoms with Crippen LogP contribution in [0.15, 0.2) is 72.8 Å². The lowest BCUT2D eigenvalue weighted by Crippen LogP contribution is -2.22. The topological polar surface area (TPSA) is 55.2 Å². The van der Waals surface area contributed by atoms with Gasteiger partial charge in [0.1, 0.15) is 0 Å². The fourth-order valence-corrected chi connectivity index (χ4v) is 3.79. The number of nitrogens with zero attached hydrogens (tertiary/aromatic N) is 1. The summed E-state index contributed by atoms with van der Waals surface area (Å²) in [6, 6.07) is 23.9. The first-order chi connectivity index (χ1) is 12.6. The third kappa shape index (κ3) is 3.06. The van der Waals surface area contributed by atoms with Crippen LogP contribution in [-0.4, -0.2) is 4.92 Å². The highest BCUT2D eigenvalue weighted by atomic mass is 16.6. The molecule has 3 aromatic carbocycles. The summed E-state index contributed by atoms with van der Waals surface area (Å²) in [6.45, 7) is 2.11. The standard InChI is InChI=1S/C22H20N2O2/c1-15-10-11-21-20(12-15)19(16-6-3-2-4-7-16)14-22(23-21)17-8-5-9-18(13-17)24(25)26/h2-13,19,22-23H,14H2,1H3/t19-,22+/m0/s1. The molecule has 0 aromatic heterocycles. The summed E-state index contributed by atoms with van der Waals surface area (Å²) in [5, 5.41) is 14.7. The second-order valence-electron chi connectivity index (χ2n) is 6.84. The van der Waals surface area contributed by atoms with Gasteiger partial charge in [-0.15, -0.1) is 0 Å². The second kappa shape index (κ2) is 6.64. The maximum atomic E-state index is 11.1. The number of anilines is 1. The molecule has 4 heteroatoms. The summed E-state index contributed by atoms with van der Waals surface area (Å²) in [5.41, 5.74) is 5.99. The Morgan fingerprint density at radius 1 is 0.962 bits per heavy atom. The van der Waals surface area contributed by atoms with E-state index in [2.05, 4.69) is 54.7 Å². The lowest BCUT2D eigenvalue weighted by molar-refractivity contribution is -0.384. The molecule has 0 bridgehead atoms. The van der Waals surface area contributed by atoms with E-state index in [-0.39, 0.29) is 22.6 Å². The summed E-state index contributed by atoms with van der Waals surface area (Å²) < 4.78 is 0. The molecule has 1 aliphatic rings. The molecule has 0 fully saturated rings.